The van der Waals surface area contributed by atoms with Gasteiger partial charge in [0.2, 0.25) is 5.91 Å². The molecule has 0 aliphatic carbocycles. The van der Waals surface area contributed by atoms with E-state index in [1.165, 1.54) is 24.1 Å². The van der Waals surface area contributed by atoms with E-state index in [0.717, 1.165) is 5.56 Å². The quantitative estimate of drug-likeness (QED) is 0.406. The minimum Gasteiger partial charge on any atom is -0.508 e. The van der Waals surface area contributed by atoms with Crippen molar-refractivity contribution in [2.24, 2.45) is 5.16 Å². The van der Waals surface area contributed by atoms with Gasteiger partial charge in [-0.1, -0.05) is 53.7 Å². The normalized spacial score (nSPS) is 16.9. The Hall–Kier alpha value is -4.37. The number of carbonyl (C=O) groups excluding carboxylic acids is 2. The van der Waals surface area contributed by atoms with E-state index in [2.05, 4.69) is 10.5 Å². The van der Waals surface area contributed by atoms with Crippen LogP contribution in [0.4, 0.5) is 0 Å². The van der Waals surface area contributed by atoms with Crippen LogP contribution in [-0.4, -0.2) is 66.0 Å². The van der Waals surface area contributed by atoms with E-state index in [1.807, 2.05) is 36.4 Å². The molecule has 1 saturated heterocycles. The maximum Gasteiger partial charge on any atom is 0.255 e. The fourth-order valence-electron chi connectivity index (χ4n) is 4.40. The van der Waals surface area contributed by atoms with Gasteiger partial charge in [-0.15, -0.1) is 0 Å². The number of amides is 2. The van der Waals surface area contributed by atoms with Crippen LogP contribution < -0.4 is 10.1 Å². The van der Waals surface area contributed by atoms with E-state index in [-0.39, 0.29) is 31.2 Å². The first-order chi connectivity index (χ1) is 17.9. The van der Waals surface area contributed by atoms with Crippen LogP contribution in [-0.2, 0) is 9.63 Å². The third kappa shape index (κ3) is 5.73. The Kier molecular flexibility index (Phi) is 8.05. The number of aliphatic hydroxyl groups is 1. The third-order valence-electron chi connectivity index (χ3n) is 6.24. The highest BCUT2D eigenvalue weighted by Crippen LogP contribution is 2.33. The van der Waals surface area contributed by atoms with Gasteiger partial charge in [-0.2, -0.15) is 0 Å². The van der Waals surface area contributed by atoms with Crippen LogP contribution in [0.15, 0.2) is 78.0 Å². The van der Waals surface area contributed by atoms with Crippen LogP contribution in [0, 0.1) is 0 Å². The number of aliphatic hydroxyl groups excluding tert-OH is 1. The number of nitrogens with one attached hydrogen (secondary N) is 1. The molecule has 1 aliphatic rings. The van der Waals surface area contributed by atoms with Crippen molar-refractivity contribution in [1.82, 2.24) is 10.2 Å². The van der Waals surface area contributed by atoms with Gasteiger partial charge in [0, 0.05) is 24.1 Å². The fraction of sp³-hybridized carbons (Fsp3) is 0.250. The number of hydrogen-bond acceptors (Lipinski definition) is 7. The number of phenolic OH excluding ortho intramolecular Hbond substituents is 1. The summed E-state index contributed by atoms with van der Waals surface area (Å²) in [6.45, 7) is 0.0717. The highest BCUT2D eigenvalue weighted by molar-refractivity contribution is 6.08. The lowest BCUT2D eigenvalue weighted by Crippen LogP contribution is -2.46. The number of oxime groups is 1. The molecule has 1 aliphatic heterocycles. The van der Waals surface area contributed by atoms with Gasteiger partial charge in [-0.3, -0.25) is 9.59 Å². The molecule has 3 aromatic carbocycles. The van der Waals surface area contributed by atoms with Gasteiger partial charge in [0.15, 0.2) is 0 Å². The third-order valence-corrected chi connectivity index (χ3v) is 6.24. The summed E-state index contributed by atoms with van der Waals surface area (Å²) in [5.41, 5.74) is 2.98. The second-order valence-corrected chi connectivity index (χ2v) is 8.59. The van der Waals surface area contributed by atoms with Crippen molar-refractivity contribution in [3.8, 4) is 22.6 Å². The maximum atomic E-state index is 13.8. The average Bonchev–Trinajstić information content (AvgIpc) is 3.35. The molecule has 1 fully saturated rings. The molecule has 0 aromatic heterocycles. The summed E-state index contributed by atoms with van der Waals surface area (Å²) < 4.78 is 5.50. The van der Waals surface area contributed by atoms with E-state index in [9.17, 15) is 19.8 Å². The monoisotopic (exact) mass is 503 g/mol. The Morgan fingerprint density at radius 3 is 2.41 bits per heavy atom. The van der Waals surface area contributed by atoms with Crippen molar-refractivity contribution >= 4 is 17.5 Å². The van der Waals surface area contributed by atoms with Crippen molar-refractivity contribution in [2.75, 3.05) is 27.3 Å². The predicted octanol–water partition coefficient (Wildman–Crippen LogP) is 3.13. The van der Waals surface area contributed by atoms with Crippen LogP contribution in [0.2, 0.25) is 0 Å². The van der Waals surface area contributed by atoms with Crippen molar-refractivity contribution in [2.45, 2.75) is 18.6 Å². The number of rotatable bonds is 8. The van der Waals surface area contributed by atoms with Crippen molar-refractivity contribution < 1.29 is 29.4 Å². The molecule has 1 unspecified atom stereocenters. The topological polar surface area (TPSA) is 121 Å². The van der Waals surface area contributed by atoms with Crippen molar-refractivity contribution in [1.29, 1.82) is 0 Å². The lowest BCUT2D eigenvalue weighted by molar-refractivity contribution is -0.125. The molecule has 37 heavy (non-hydrogen) atoms. The Balaban J connectivity index is 1.58. The predicted molar refractivity (Wildman–Crippen MR) is 138 cm³/mol. The van der Waals surface area contributed by atoms with Gasteiger partial charge in [0.25, 0.3) is 5.91 Å². The molecular formula is C28H29N3O6. The van der Waals surface area contributed by atoms with E-state index >= 15 is 0 Å². The van der Waals surface area contributed by atoms with Gasteiger partial charge < -0.3 is 30.0 Å². The molecule has 0 spiro atoms. The molecule has 0 saturated carbocycles. The molecule has 4 rings (SSSR count). The molecule has 2 atom stereocenters. The second-order valence-electron chi connectivity index (χ2n) is 8.59. The number of para-hydroxylation sites is 1. The van der Waals surface area contributed by atoms with Gasteiger partial charge in [0.1, 0.15) is 24.7 Å². The number of likely N-dealkylation sites (tertiary alicyclic amines) is 1. The summed E-state index contributed by atoms with van der Waals surface area (Å²) in [6, 6.07) is 19.9. The Bertz CT molecular complexity index is 1290. The summed E-state index contributed by atoms with van der Waals surface area (Å²) in [6.07, 6.45) is -0.772. The average molecular weight is 504 g/mol. The van der Waals surface area contributed by atoms with Gasteiger partial charge in [0.05, 0.1) is 25.5 Å². The second kappa shape index (κ2) is 11.6. The van der Waals surface area contributed by atoms with Crippen LogP contribution in [0.3, 0.4) is 0 Å². The lowest BCUT2D eigenvalue weighted by Gasteiger charge is -2.25. The minimum atomic E-state index is -0.978. The first-order valence-corrected chi connectivity index (χ1v) is 11.8. The molecule has 9 heteroatoms. The Morgan fingerprint density at radius 2 is 1.70 bits per heavy atom. The smallest absolute Gasteiger partial charge is 0.255 e. The molecular weight excluding hydrogens is 474 g/mol. The lowest BCUT2D eigenvalue weighted by atomic mass is 9.97. The highest BCUT2D eigenvalue weighted by atomic mass is 16.6. The Morgan fingerprint density at radius 1 is 1.03 bits per heavy atom. The number of hydrogen-bond donors (Lipinski definition) is 3. The summed E-state index contributed by atoms with van der Waals surface area (Å²) in [5, 5.41) is 26.7. The first kappa shape index (κ1) is 25.7. The van der Waals surface area contributed by atoms with Crippen molar-refractivity contribution in [3.63, 3.8) is 0 Å². The van der Waals surface area contributed by atoms with E-state index in [4.69, 9.17) is 9.57 Å². The van der Waals surface area contributed by atoms with E-state index in [0.29, 0.717) is 28.2 Å². The summed E-state index contributed by atoms with van der Waals surface area (Å²) in [4.78, 5) is 33.4. The minimum absolute atomic E-state index is 0.0588. The Labute approximate surface area is 214 Å². The van der Waals surface area contributed by atoms with E-state index in [1.54, 1.807) is 31.4 Å². The fourth-order valence-corrected chi connectivity index (χ4v) is 4.40. The molecule has 9 nitrogen and oxygen atoms in total. The number of nitrogens with zero attached hydrogens (tertiary/aromatic N) is 2. The van der Waals surface area contributed by atoms with Gasteiger partial charge >= 0.3 is 0 Å². The van der Waals surface area contributed by atoms with E-state index < -0.39 is 18.1 Å². The summed E-state index contributed by atoms with van der Waals surface area (Å²) in [7, 11) is 2.99. The maximum absolute atomic E-state index is 13.8. The molecule has 0 radical (unpaired) electrons. The zero-order valence-electron chi connectivity index (χ0n) is 20.6. The number of phenols is 1. The van der Waals surface area contributed by atoms with Crippen LogP contribution in [0.5, 0.6) is 11.5 Å². The highest BCUT2D eigenvalue weighted by Gasteiger charge is 2.39. The summed E-state index contributed by atoms with van der Waals surface area (Å²) in [5.74, 6) is -0.0360. The van der Waals surface area contributed by atoms with Crippen LogP contribution in [0.1, 0.15) is 28.4 Å². The molecule has 3 N–H and O–H groups in total. The van der Waals surface area contributed by atoms with Crippen LogP contribution in [0.25, 0.3) is 11.1 Å². The molecule has 192 valence electrons. The molecule has 2 amide bonds. The number of aromatic hydroxyl groups is 1. The summed E-state index contributed by atoms with van der Waals surface area (Å²) >= 11 is 0. The number of carbonyl (C=O) groups is 2. The van der Waals surface area contributed by atoms with Crippen LogP contribution >= 0.6 is 0 Å². The number of ether oxygens (including phenoxy) is 1. The largest absolute Gasteiger partial charge is 0.508 e. The zero-order valence-corrected chi connectivity index (χ0v) is 20.6. The van der Waals surface area contributed by atoms with Crippen molar-refractivity contribution in [3.05, 3.63) is 83.9 Å². The molecule has 0 bridgehead atoms. The first-order valence-electron chi connectivity index (χ1n) is 11.8. The molecule has 1 heterocycles. The van der Waals surface area contributed by atoms with Gasteiger partial charge in [-0.05, 0) is 35.4 Å². The number of methoxy groups -OCH3 is 1. The zero-order chi connectivity index (χ0) is 26.4. The van der Waals surface area contributed by atoms with Gasteiger partial charge in [-0.25, -0.2) is 0 Å². The molecule has 3 aromatic rings. The number of benzene rings is 3. The standard InChI is InChI=1S/C28H29N3O6/c1-36-26-10-6-5-8-22(26)21-7-3-4-9-23(21)28(35)31-17-19(30-37-2)15-24(31)27(34)29-16-25(33)18-11-13-20(32)14-12-18/h3-14,24-25,32-33H,15-17H2,1-2H3,(H,29,34)/t24-,25?/m0/s1. The SMILES string of the molecule is CON=C1C[C@@H](C(=O)NCC(O)c2ccc(O)cc2)N(C(=O)c2ccccc2-c2ccccc2OC)C1.